The molecule has 10 heteroatoms. The van der Waals surface area contributed by atoms with Crippen molar-refractivity contribution < 1.29 is 31.9 Å². The molecule has 31 heavy (non-hydrogen) atoms. The Morgan fingerprint density at radius 2 is 1.81 bits per heavy atom. The standard InChI is InChI=1S/C21H17F3N2O5/c1-12(25-20(29)30-11-13-5-3-2-4-6-13)19(28)26-14-7-8-15-16(21(22,23)24)10-18(27)31-17(15)9-14/h2-10,12H,11H2,1H3,(H,25,29)(H,26,28). The predicted octanol–water partition coefficient (Wildman–Crippen LogP) is 4.07. The van der Waals surface area contributed by atoms with Gasteiger partial charge < -0.3 is 19.8 Å². The van der Waals surface area contributed by atoms with Crippen LogP contribution in [0.3, 0.4) is 0 Å². The Morgan fingerprint density at radius 3 is 2.48 bits per heavy atom. The zero-order valence-corrected chi connectivity index (χ0v) is 16.2. The van der Waals surface area contributed by atoms with Crippen molar-refractivity contribution in [3.8, 4) is 0 Å². The average molecular weight is 434 g/mol. The summed E-state index contributed by atoms with van der Waals surface area (Å²) in [6.45, 7) is 1.42. The molecule has 0 radical (unpaired) electrons. The number of halogens is 3. The summed E-state index contributed by atoms with van der Waals surface area (Å²) in [5.74, 6) is -0.648. The quantitative estimate of drug-likeness (QED) is 0.590. The molecule has 0 bridgehead atoms. The number of anilines is 1. The first-order valence-corrected chi connectivity index (χ1v) is 9.06. The molecule has 1 atom stereocenters. The van der Waals surface area contributed by atoms with Crippen molar-refractivity contribution in [1.82, 2.24) is 5.32 Å². The van der Waals surface area contributed by atoms with Gasteiger partial charge in [-0.05, 0) is 24.6 Å². The van der Waals surface area contributed by atoms with Gasteiger partial charge in [0, 0.05) is 23.2 Å². The van der Waals surface area contributed by atoms with Gasteiger partial charge in [-0.1, -0.05) is 30.3 Å². The summed E-state index contributed by atoms with van der Waals surface area (Å²) >= 11 is 0. The minimum Gasteiger partial charge on any atom is -0.445 e. The number of carbonyl (C=O) groups excluding carboxylic acids is 2. The number of hydrogen-bond donors (Lipinski definition) is 2. The monoisotopic (exact) mass is 434 g/mol. The van der Waals surface area contributed by atoms with Gasteiger partial charge in [-0.2, -0.15) is 13.2 Å². The predicted molar refractivity (Wildman–Crippen MR) is 105 cm³/mol. The van der Waals surface area contributed by atoms with E-state index in [0.29, 0.717) is 6.07 Å². The van der Waals surface area contributed by atoms with Crippen molar-refractivity contribution in [3.05, 3.63) is 76.1 Å². The van der Waals surface area contributed by atoms with E-state index in [2.05, 4.69) is 10.6 Å². The molecule has 3 aromatic rings. The number of amides is 2. The number of benzene rings is 2. The van der Waals surface area contributed by atoms with Crippen molar-refractivity contribution in [1.29, 1.82) is 0 Å². The van der Waals surface area contributed by atoms with Crippen LogP contribution in [0.1, 0.15) is 18.1 Å². The number of hydrogen-bond acceptors (Lipinski definition) is 5. The Labute approximate surface area is 173 Å². The van der Waals surface area contributed by atoms with Gasteiger partial charge in [0.1, 0.15) is 18.2 Å². The number of rotatable bonds is 5. The topological polar surface area (TPSA) is 97.6 Å². The third-order valence-electron chi connectivity index (χ3n) is 4.26. The molecular formula is C21H17F3N2O5. The van der Waals surface area contributed by atoms with E-state index in [1.807, 2.05) is 6.07 Å². The Hall–Kier alpha value is -3.82. The van der Waals surface area contributed by atoms with E-state index in [0.717, 1.165) is 17.7 Å². The Balaban J connectivity index is 1.65. The summed E-state index contributed by atoms with van der Waals surface area (Å²) in [7, 11) is 0. The molecule has 0 saturated heterocycles. The molecule has 0 fully saturated rings. The summed E-state index contributed by atoms with van der Waals surface area (Å²) in [6, 6.07) is 11.7. The molecule has 2 amide bonds. The minimum absolute atomic E-state index is 0.0201. The van der Waals surface area contributed by atoms with E-state index in [1.165, 1.54) is 13.0 Å². The van der Waals surface area contributed by atoms with Crippen LogP contribution in [0.2, 0.25) is 0 Å². The van der Waals surface area contributed by atoms with Gasteiger partial charge >= 0.3 is 17.9 Å². The maximum atomic E-state index is 13.1. The summed E-state index contributed by atoms with van der Waals surface area (Å²) in [5, 5.41) is 4.47. The first-order chi connectivity index (χ1) is 14.6. The van der Waals surface area contributed by atoms with Crippen LogP contribution >= 0.6 is 0 Å². The van der Waals surface area contributed by atoms with Gasteiger partial charge in [-0.3, -0.25) is 4.79 Å². The van der Waals surface area contributed by atoms with Gasteiger partial charge in [-0.25, -0.2) is 9.59 Å². The van der Waals surface area contributed by atoms with Crippen LogP contribution in [0.4, 0.5) is 23.7 Å². The highest BCUT2D eigenvalue weighted by molar-refractivity contribution is 5.97. The fourth-order valence-electron chi connectivity index (χ4n) is 2.73. The molecule has 0 aliphatic heterocycles. The molecule has 1 heterocycles. The van der Waals surface area contributed by atoms with Crippen LogP contribution in [-0.2, 0) is 22.3 Å². The zero-order valence-electron chi connectivity index (χ0n) is 16.2. The summed E-state index contributed by atoms with van der Waals surface area (Å²) in [5.41, 5.74) is -1.77. The third-order valence-corrected chi connectivity index (χ3v) is 4.26. The summed E-state index contributed by atoms with van der Waals surface area (Å²) in [6.07, 6.45) is -5.55. The van der Waals surface area contributed by atoms with Crippen LogP contribution in [0.15, 0.2) is 63.8 Å². The molecule has 7 nitrogen and oxygen atoms in total. The van der Waals surface area contributed by atoms with Crippen LogP contribution in [0.25, 0.3) is 11.0 Å². The van der Waals surface area contributed by atoms with Gasteiger partial charge in [0.2, 0.25) is 5.91 Å². The highest BCUT2D eigenvalue weighted by Gasteiger charge is 2.33. The second-order valence-electron chi connectivity index (χ2n) is 6.60. The van der Waals surface area contributed by atoms with Gasteiger partial charge in [0.15, 0.2) is 0 Å². The minimum atomic E-state index is -4.74. The smallest absolute Gasteiger partial charge is 0.417 e. The van der Waals surface area contributed by atoms with E-state index < -0.39 is 35.4 Å². The molecule has 1 unspecified atom stereocenters. The third kappa shape index (κ3) is 5.62. The molecular weight excluding hydrogens is 417 g/mol. The average Bonchev–Trinajstić information content (AvgIpc) is 2.71. The maximum absolute atomic E-state index is 13.1. The van der Waals surface area contributed by atoms with E-state index >= 15 is 0 Å². The largest absolute Gasteiger partial charge is 0.445 e. The lowest BCUT2D eigenvalue weighted by atomic mass is 10.1. The van der Waals surface area contributed by atoms with Crippen LogP contribution in [0, 0.1) is 0 Å². The number of ether oxygens (including phenoxy) is 1. The lowest BCUT2D eigenvalue weighted by Crippen LogP contribution is -2.41. The molecule has 0 aliphatic rings. The zero-order chi connectivity index (χ0) is 22.6. The van der Waals surface area contributed by atoms with E-state index in [9.17, 15) is 27.6 Å². The maximum Gasteiger partial charge on any atom is 0.417 e. The van der Waals surface area contributed by atoms with E-state index in [1.54, 1.807) is 24.3 Å². The van der Waals surface area contributed by atoms with Gasteiger partial charge in [0.25, 0.3) is 0 Å². The van der Waals surface area contributed by atoms with Crippen molar-refractivity contribution >= 4 is 28.7 Å². The molecule has 2 N–H and O–H groups in total. The second-order valence-corrected chi connectivity index (χ2v) is 6.60. The number of fused-ring (bicyclic) bond motifs is 1. The fraction of sp³-hybridized carbons (Fsp3) is 0.190. The van der Waals surface area contributed by atoms with E-state index in [-0.39, 0.29) is 23.3 Å². The lowest BCUT2D eigenvalue weighted by Gasteiger charge is -2.15. The second kappa shape index (κ2) is 8.90. The van der Waals surface area contributed by atoms with Crippen LogP contribution in [0.5, 0.6) is 0 Å². The van der Waals surface area contributed by atoms with Crippen molar-refractivity contribution in [2.24, 2.45) is 0 Å². The number of alkyl halides is 3. The van der Waals surface area contributed by atoms with Crippen LogP contribution in [-0.4, -0.2) is 18.0 Å². The summed E-state index contributed by atoms with van der Waals surface area (Å²) in [4.78, 5) is 35.6. The molecule has 0 aliphatic carbocycles. The number of nitrogens with one attached hydrogen (secondary N) is 2. The number of alkyl carbamates (subject to hydrolysis) is 1. The first kappa shape index (κ1) is 21.9. The molecule has 162 valence electrons. The van der Waals surface area contributed by atoms with Crippen molar-refractivity contribution in [2.45, 2.75) is 25.7 Å². The highest BCUT2D eigenvalue weighted by atomic mass is 19.4. The van der Waals surface area contributed by atoms with Crippen molar-refractivity contribution in [3.63, 3.8) is 0 Å². The first-order valence-electron chi connectivity index (χ1n) is 9.06. The molecule has 2 aromatic carbocycles. The Bertz CT molecular complexity index is 1160. The lowest BCUT2D eigenvalue weighted by molar-refractivity contribution is -0.136. The molecule has 1 aromatic heterocycles. The highest BCUT2D eigenvalue weighted by Crippen LogP contribution is 2.34. The SMILES string of the molecule is CC(NC(=O)OCc1ccccc1)C(=O)Nc1ccc2c(C(F)(F)F)cc(=O)oc2c1. The fourth-order valence-corrected chi connectivity index (χ4v) is 2.73. The normalized spacial score (nSPS) is 12.3. The van der Waals surface area contributed by atoms with E-state index in [4.69, 9.17) is 9.15 Å². The molecule has 0 saturated carbocycles. The summed E-state index contributed by atoms with van der Waals surface area (Å²) < 4.78 is 49.2. The Kier molecular flexibility index (Phi) is 6.28. The van der Waals surface area contributed by atoms with Crippen LogP contribution < -0.4 is 16.3 Å². The number of carbonyl (C=O) groups is 2. The van der Waals surface area contributed by atoms with Gasteiger partial charge in [-0.15, -0.1) is 0 Å². The Morgan fingerprint density at radius 1 is 1.10 bits per heavy atom. The molecule has 3 rings (SSSR count). The molecule has 0 spiro atoms. The van der Waals surface area contributed by atoms with Crippen molar-refractivity contribution in [2.75, 3.05) is 5.32 Å². The van der Waals surface area contributed by atoms with Gasteiger partial charge in [0.05, 0.1) is 5.56 Å².